The molecule has 0 aliphatic heterocycles. The number of benzene rings is 2. The second-order valence-electron chi connectivity index (χ2n) is 8.91. The van der Waals surface area contributed by atoms with Gasteiger partial charge in [-0.1, -0.05) is 12.1 Å². The van der Waals surface area contributed by atoms with Gasteiger partial charge >= 0.3 is 0 Å². The van der Waals surface area contributed by atoms with Crippen LogP contribution in [0.3, 0.4) is 0 Å². The number of nitrogens with zero attached hydrogens (tertiary/aromatic N) is 2. The first-order chi connectivity index (χ1) is 17.2. The first kappa shape index (κ1) is 25.5. The lowest BCUT2D eigenvalue weighted by Crippen LogP contribution is -2.42. The van der Waals surface area contributed by atoms with Gasteiger partial charge in [-0.25, -0.2) is 14.4 Å². The molecule has 0 saturated heterocycles. The van der Waals surface area contributed by atoms with E-state index >= 15 is 0 Å². The summed E-state index contributed by atoms with van der Waals surface area (Å²) < 4.78 is 15.2. The van der Waals surface area contributed by atoms with Gasteiger partial charge in [-0.15, -0.1) is 11.3 Å². The number of anilines is 4. The van der Waals surface area contributed by atoms with Gasteiger partial charge in [0.2, 0.25) is 0 Å². The molecule has 0 spiro atoms. The maximum atomic E-state index is 14.2. The molecule has 4 aromatic rings. The number of carbonyl (C=O) groups is 1. The Kier molecular flexibility index (Phi) is 7.78. The average Bonchev–Trinajstić information content (AvgIpc) is 3.30. The van der Waals surface area contributed by atoms with E-state index in [1.807, 2.05) is 42.5 Å². The monoisotopic (exact) mass is 509 g/mol. The number of alkyl halides is 1. The number of amides is 1. The third-order valence-electron chi connectivity index (χ3n) is 5.57. The lowest BCUT2D eigenvalue weighted by molar-refractivity contribution is -0.00177. The first-order valence-corrected chi connectivity index (χ1v) is 12.3. The van der Waals surface area contributed by atoms with Gasteiger partial charge in [-0.05, 0) is 56.2 Å². The van der Waals surface area contributed by atoms with Crippen LogP contribution in [-0.4, -0.2) is 51.0 Å². The third-order valence-corrected chi connectivity index (χ3v) is 6.36. The molecule has 10 heteroatoms. The van der Waals surface area contributed by atoms with Crippen molar-refractivity contribution in [2.24, 2.45) is 0 Å². The van der Waals surface area contributed by atoms with Gasteiger partial charge in [0.1, 0.15) is 12.0 Å². The minimum Gasteiger partial charge on any atom is -0.396 e. The molecule has 5 N–H and O–H groups in total. The van der Waals surface area contributed by atoms with Crippen molar-refractivity contribution in [3.8, 4) is 0 Å². The predicted molar refractivity (Wildman–Crippen MR) is 141 cm³/mol. The molecule has 0 aliphatic carbocycles. The van der Waals surface area contributed by atoms with E-state index in [-0.39, 0.29) is 18.7 Å². The largest absolute Gasteiger partial charge is 0.396 e. The van der Waals surface area contributed by atoms with Crippen molar-refractivity contribution in [2.75, 3.05) is 23.8 Å². The fourth-order valence-electron chi connectivity index (χ4n) is 3.51. The van der Waals surface area contributed by atoms with E-state index in [0.29, 0.717) is 17.9 Å². The number of aliphatic hydroxyl groups excluding tert-OH is 1. The second-order valence-corrected chi connectivity index (χ2v) is 9.79. The molecule has 1 amide bonds. The van der Waals surface area contributed by atoms with Crippen molar-refractivity contribution in [1.29, 1.82) is 0 Å². The summed E-state index contributed by atoms with van der Waals surface area (Å²) in [4.78, 5) is 21.6. The van der Waals surface area contributed by atoms with Crippen LogP contribution in [0.2, 0.25) is 0 Å². The third kappa shape index (κ3) is 6.34. The number of hydrogen-bond donors (Lipinski definition) is 5. The maximum absolute atomic E-state index is 14.2. The highest BCUT2D eigenvalue weighted by atomic mass is 32.1. The van der Waals surface area contributed by atoms with E-state index < -0.39 is 17.7 Å². The van der Waals surface area contributed by atoms with Gasteiger partial charge in [0.15, 0.2) is 0 Å². The number of thiazole rings is 1. The van der Waals surface area contributed by atoms with Gasteiger partial charge in [-0.2, -0.15) is 0 Å². The zero-order valence-electron chi connectivity index (χ0n) is 20.0. The number of aromatic nitrogens is 2. The fraction of sp³-hybridized carbons (Fsp3) is 0.269. The zero-order valence-corrected chi connectivity index (χ0v) is 20.8. The summed E-state index contributed by atoms with van der Waals surface area (Å²) >= 11 is 1.53. The number of nitrogens with one attached hydrogen (secondary N) is 3. The van der Waals surface area contributed by atoms with Crippen LogP contribution in [0, 0.1) is 0 Å². The molecule has 2 aromatic carbocycles. The Bertz CT molecular complexity index is 1350. The van der Waals surface area contributed by atoms with Gasteiger partial charge in [0.25, 0.3) is 5.91 Å². The minimum atomic E-state index is -1.64. The van der Waals surface area contributed by atoms with Crippen LogP contribution >= 0.6 is 11.3 Å². The van der Waals surface area contributed by atoms with Crippen molar-refractivity contribution in [3.05, 3.63) is 71.4 Å². The van der Waals surface area contributed by atoms with Gasteiger partial charge in [0.05, 0.1) is 39.1 Å². The van der Waals surface area contributed by atoms with Crippen molar-refractivity contribution in [1.82, 2.24) is 15.3 Å². The molecule has 0 saturated carbocycles. The van der Waals surface area contributed by atoms with Crippen LogP contribution in [0.15, 0.2) is 60.2 Å². The molecule has 2 heterocycles. The van der Waals surface area contributed by atoms with Crippen LogP contribution in [0.1, 0.15) is 29.8 Å². The second kappa shape index (κ2) is 11.0. The van der Waals surface area contributed by atoms with Crippen LogP contribution in [0.4, 0.5) is 27.3 Å². The Balaban J connectivity index is 1.61. The van der Waals surface area contributed by atoms with Gasteiger partial charge in [-0.3, -0.25) is 4.79 Å². The first-order valence-electron chi connectivity index (χ1n) is 11.4. The molecule has 0 unspecified atom stereocenters. The van der Waals surface area contributed by atoms with Crippen molar-refractivity contribution in [2.45, 2.75) is 32.0 Å². The van der Waals surface area contributed by atoms with Crippen LogP contribution in [0.25, 0.3) is 10.2 Å². The number of aliphatic hydroxyl groups is 2. The molecular weight excluding hydrogens is 481 g/mol. The van der Waals surface area contributed by atoms with E-state index in [0.717, 1.165) is 27.2 Å². The summed E-state index contributed by atoms with van der Waals surface area (Å²) in [6, 6.07) is 15.0. The lowest BCUT2D eigenvalue weighted by Gasteiger charge is -2.22. The normalized spacial score (nSPS) is 12.4. The molecule has 188 valence electrons. The molecule has 0 aliphatic rings. The standard InChI is InChI=1S/C26H28FN5O3S/c1-26(2,35)23(27)14-29-25(34)19-13-28-24(32-18-6-7-20-22(11-18)36-15-30-20)12-21(19)31-17-5-3-4-16(10-17)8-9-33/h3-7,10-13,15,23,33,35H,8-9,14H2,1-2H3,(H,29,34)(H2,28,31,32)/t23-/m1/s1. The zero-order chi connectivity index (χ0) is 25.7. The van der Waals surface area contributed by atoms with Crippen LogP contribution < -0.4 is 16.0 Å². The fourth-order valence-corrected chi connectivity index (χ4v) is 4.22. The molecule has 0 fully saturated rings. The summed E-state index contributed by atoms with van der Waals surface area (Å²) in [6.07, 6.45) is 0.282. The number of hydrogen-bond acceptors (Lipinski definition) is 8. The van der Waals surface area contributed by atoms with E-state index in [1.54, 1.807) is 11.6 Å². The number of rotatable bonds is 10. The number of pyridine rings is 1. The minimum absolute atomic E-state index is 0.0239. The van der Waals surface area contributed by atoms with Crippen molar-refractivity contribution >= 4 is 50.3 Å². The Morgan fingerprint density at radius 2 is 1.92 bits per heavy atom. The Morgan fingerprint density at radius 3 is 2.69 bits per heavy atom. The van der Waals surface area contributed by atoms with Crippen LogP contribution in [0.5, 0.6) is 0 Å². The van der Waals surface area contributed by atoms with Gasteiger partial charge in [0, 0.05) is 30.2 Å². The molecular formula is C26H28FN5O3S. The predicted octanol–water partition coefficient (Wildman–Crippen LogP) is 4.55. The van der Waals surface area contributed by atoms with E-state index in [1.165, 1.54) is 31.4 Å². The molecule has 8 nitrogen and oxygen atoms in total. The summed E-state index contributed by atoms with van der Waals surface area (Å²) in [5.41, 5.74) is 4.27. The number of halogens is 1. The Labute approximate surface area is 212 Å². The van der Waals surface area contributed by atoms with Crippen molar-refractivity contribution < 1.29 is 19.4 Å². The SMILES string of the molecule is CC(C)(O)[C@H](F)CNC(=O)c1cnc(Nc2ccc3ncsc3c2)cc1Nc1cccc(CCO)c1. The summed E-state index contributed by atoms with van der Waals surface area (Å²) in [5.74, 6) is -0.0228. The highest BCUT2D eigenvalue weighted by Crippen LogP contribution is 2.28. The molecule has 0 radical (unpaired) electrons. The number of carbonyl (C=O) groups excluding carboxylic acids is 1. The van der Waals surface area contributed by atoms with E-state index in [4.69, 9.17) is 0 Å². The van der Waals surface area contributed by atoms with E-state index in [2.05, 4.69) is 25.9 Å². The Hall–Kier alpha value is -3.60. The smallest absolute Gasteiger partial charge is 0.255 e. The molecule has 2 aromatic heterocycles. The lowest BCUT2D eigenvalue weighted by atomic mass is 10.0. The maximum Gasteiger partial charge on any atom is 0.255 e. The van der Waals surface area contributed by atoms with Crippen LogP contribution in [-0.2, 0) is 6.42 Å². The summed E-state index contributed by atoms with van der Waals surface area (Å²) in [6.45, 7) is 2.38. The topological polar surface area (TPSA) is 119 Å². The number of fused-ring (bicyclic) bond motifs is 1. The molecule has 0 bridgehead atoms. The van der Waals surface area contributed by atoms with Gasteiger partial charge < -0.3 is 26.2 Å². The van der Waals surface area contributed by atoms with E-state index in [9.17, 15) is 19.4 Å². The highest BCUT2D eigenvalue weighted by molar-refractivity contribution is 7.16. The molecule has 36 heavy (non-hydrogen) atoms. The summed E-state index contributed by atoms with van der Waals surface area (Å²) in [7, 11) is 0. The van der Waals surface area contributed by atoms with Crippen molar-refractivity contribution in [3.63, 3.8) is 0 Å². The quantitative estimate of drug-likeness (QED) is 0.213. The average molecular weight is 510 g/mol. The summed E-state index contributed by atoms with van der Waals surface area (Å²) in [5, 5.41) is 28.1. The highest BCUT2D eigenvalue weighted by Gasteiger charge is 2.27. The molecule has 4 rings (SSSR count). The Morgan fingerprint density at radius 1 is 1.11 bits per heavy atom. The molecule has 1 atom stereocenters.